The highest BCUT2D eigenvalue weighted by molar-refractivity contribution is 7.71. The Morgan fingerprint density at radius 3 is 2.52 bits per heavy atom. The van der Waals surface area contributed by atoms with E-state index in [9.17, 15) is 0 Å². The molecule has 2 nitrogen and oxygen atoms in total. The number of hydrogen-bond acceptors (Lipinski definition) is 2. The summed E-state index contributed by atoms with van der Waals surface area (Å²) in [6.07, 6.45) is 1.09. The summed E-state index contributed by atoms with van der Waals surface area (Å²) in [4.78, 5) is 7.96. The summed E-state index contributed by atoms with van der Waals surface area (Å²) in [5.74, 6) is 1.95. The van der Waals surface area contributed by atoms with Crippen molar-refractivity contribution in [2.24, 2.45) is 5.92 Å². The van der Waals surface area contributed by atoms with Crippen molar-refractivity contribution in [3.05, 3.63) is 45.9 Å². The van der Waals surface area contributed by atoms with Gasteiger partial charge < -0.3 is 4.98 Å². The second-order valence-electron chi connectivity index (χ2n) is 6.38. The Labute approximate surface area is 132 Å². The minimum Gasteiger partial charge on any atom is -0.343 e. The van der Waals surface area contributed by atoms with Crippen LogP contribution in [0.2, 0.25) is 0 Å². The van der Waals surface area contributed by atoms with Crippen LogP contribution in [0, 0.1) is 17.5 Å². The molecule has 0 fully saturated rings. The van der Waals surface area contributed by atoms with E-state index in [0.29, 0.717) is 16.5 Å². The smallest absolute Gasteiger partial charge is 0.133 e. The van der Waals surface area contributed by atoms with Gasteiger partial charge in [0.05, 0.1) is 5.69 Å². The van der Waals surface area contributed by atoms with Gasteiger partial charge in [0, 0.05) is 11.5 Å². The van der Waals surface area contributed by atoms with E-state index in [1.807, 2.05) is 6.92 Å². The monoisotopic (exact) mass is 300 g/mol. The summed E-state index contributed by atoms with van der Waals surface area (Å²) in [5.41, 5.74) is 4.71. The van der Waals surface area contributed by atoms with Gasteiger partial charge in [-0.3, -0.25) is 0 Å². The average molecular weight is 300 g/mol. The Morgan fingerprint density at radius 1 is 1.19 bits per heavy atom. The third kappa shape index (κ3) is 3.79. The van der Waals surface area contributed by atoms with Crippen molar-refractivity contribution in [3.63, 3.8) is 0 Å². The van der Waals surface area contributed by atoms with Crippen LogP contribution in [0.15, 0.2) is 24.3 Å². The molecule has 0 spiro atoms. The summed E-state index contributed by atoms with van der Waals surface area (Å²) in [5, 5.41) is 0. The van der Waals surface area contributed by atoms with Crippen molar-refractivity contribution < 1.29 is 0 Å². The molecule has 0 unspecified atom stereocenters. The Balaban J connectivity index is 2.53. The van der Waals surface area contributed by atoms with Crippen LogP contribution in [0.3, 0.4) is 0 Å². The molecule has 0 saturated heterocycles. The number of nitrogens with zero attached hydrogens (tertiary/aromatic N) is 1. The van der Waals surface area contributed by atoms with Crippen LogP contribution in [0.5, 0.6) is 0 Å². The Kier molecular flexibility index (Phi) is 4.94. The molecular weight excluding hydrogens is 276 g/mol. The molecule has 0 saturated carbocycles. The van der Waals surface area contributed by atoms with Crippen LogP contribution in [-0.2, 0) is 6.42 Å². The number of hydrogen-bond donors (Lipinski definition) is 1. The standard InChI is InChI=1S/C18H24N2S/c1-11(2)9-14-7-6-8-15(10-14)16-13(5)18(21)20-17(19-16)12(3)4/h6-8,10-12H,9H2,1-5H3,(H,19,20,21). The van der Waals surface area contributed by atoms with Gasteiger partial charge in [0.1, 0.15) is 10.5 Å². The van der Waals surface area contributed by atoms with E-state index in [1.165, 1.54) is 11.1 Å². The fraction of sp³-hybridized carbons (Fsp3) is 0.444. The topological polar surface area (TPSA) is 28.7 Å². The predicted octanol–water partition coefficient (Wildman–Crippen LogP) is 5.44. The van der Waals surface area contributed by atoms with Crippen LogP contribution in [0.25, 0.3) is 11.3 Å². The van der Waals surface area contributed by atoms with Crippen LogP contribution < -0.4 is 0 Å². The van der Waals surface area contributed by atoms with E-state index >= 15 is 0 Å². The van der Waals surface area contributed by atoms with E-state index in [2.05, 4.69) is 61.9 Å². The quantitative estimate of drug-likeness (QED) is 0.762. The molecule has 112 valence electrons. The lowest BCUT2D eigenvalue weighted by molar-refractivity contribution is 0.647. The molecule has 0 aliphatic rings. The van der Waals surface area contributed by atoms with Gasteiger partial charge >= 0.3 is 0 Å². The normalized spacial score (nSPS) is 11.4. The fourth-order valence-corrected chi connectivity index (χ4v) is 2.64. The predicted molar refractivity (Wildman–Crippen MR) is 92.2 cm³/mol. The number of aromatic nitrogens is 2. The third-order valence-electron chi connectivity index (χ3n) is 3.58. The van der Waals surface area contributed by atoms with Crippen LogP contribution >= 0.6 is 12.2 Å². The molecule has 0 radical (unpaired) electrons. The minimum atomic E-state index is 0.338. The van der Waals surface area contributed by atoms with E-state index < -0.39 is 0 Å². The van der Waals surface area contributed by atoms with Crippen molar-refractivity contribution in [3.8, 4) is 11.3 Å². The lowest BCUT2D eigenvalue weighted by atomic mass is 9.99. The van der Waals surface area contributed by atoms with Gasteiger partial charge in [-0.2, -0.15) is 0 Å². The molecule has 1 N–H and O–H groups in total. The number of rotatable bonds is 4. The number of aromatic amines is 1. The lowest BCUT2D eigenvalue weighted by Gasteiger charge is -2.13. The van der Waals surface area contributed by atoms with Crippen LogP contribution in [0.4, 0.5) is 0 Å². The summed E-state index contributed by atoms with van der Waals surface area (Å²) in [7, 11) is 0. The van der Waals surface area contributed by atoms with E-state index in [0.717, 1.165) is 23.5 Å². The first-order valence-electron chi connectivity index (χ1n) is 7.58. The molecule has 1 aromatic heterocycles. The molecule has 0 amide bonds. The van der Waals surface area contributed by atoms with Gasteiger partial charge in [-0.1, -0.05) is 58.1 Å². The van der Waals surface area contributed by atoms with Gasteiger partial charge in [0.25, 0.3) is 0 Å². The summed E-state index contributed by atoms with van der Waals surface area (Å²) in [6.45, 7) is 10.8. The minimum absolute atomic E-state index is 0.338. The zero-order chi connectivity index (χ0) is 15.6. The molecule has 2 rings (SSSR count). The first kappa shape index (κ1) is 15.9. The SMILES string of the molecule is Cc1c(-c2cccc(CC(C)C)c2)[nH]c(C(C)C)nc1=S. The molecule has 0 bridgehead atoms. The number of H-pyrrole nitrogens is 1. The second-order valence-corrected chi connectivity index (χ2v) is 6.77. The van der Waals surface area contributed by atoms with Gasteiger partial charge in [-0.05, 0) is 36.5 Å². The molecule has 1 heterocycles. The molecule has 3 heteroatoms. The summed E-state index contributed by atoms with van der Waals surface area (Å²) in [6, 6.07) is 8.72. The maximum absolute atomic E-state index is 5.42. The van der Waals surface area contributed by atoms with Crippen LogP contribution in [0.1, 0.15) is 50.6 Å². The van der Waals surface area contributed by atoms with Crippen molar-refractivity contribution in [1.29, 1.82) is 0 Å². The van der Waals surface area contributed by atoms with Gasteiger partial charge in [0.15, 0.2) is 0 Å². The van der Waals surface area contributed by atoms with Gasteiger partial charge in [-0.25, -0.2) is 4.98 Å². The van der Waals surface area contributed by atoms with E-state index in [-0.39, 0.29) is 0 Å². The van der Waals surface area contributed by atoms with Gasteiger partial charge in [0.2, 0.25) is 0 Å². The highest BCUT2D eigenvalue weighted by Gasteiger charge is 2.10. The zero-order valence-electron chi connectivity index (χ0n) is 13.5. The molecule has 0 aliphatic carbocycles. The summed E-state index contributed by atoms with van der Waals surface area (Å²) < 4.78 is 0.696. The second kappa shape index (κ2) is 6.52. The number of benzene rings is 1. The van der Waals surface area contributed by atoms with Crippen molar-refractivity contribution in [2.45, 2.75) is 47.0 Å². The van der Waals surface area contributed by atoms with E-state index in [1.54, 1.807) is 0 Å². The maximum atomic E-state index is 5.42. The molecular formula is C18H24N2S. The molecule has 1 aromatic carbocycles. The van der Waals surface area contributed by atoms with Crippen molar-refractivity contribution in [1.82, 2.24) is 9.97 Å². The largest absolute Gasteiger partial charge is 0.343 e. The molecule has 0 atom stereocenters. The molecule has 21 heavy (non-hydrogen) atoms. The Hall–Kier alpha value is -1.48. The van der Waals surface area contributed by atoms with Gasteiger partial charge in [-0.15, -0.1) is 0 Å². The highest BCUT2D eigenvalue weighted by Crippen LogP contribution is 2.25. The fourth-order valence-electron chi connectivity index (χ4n) is 2.44. The molecule has 2 aromatic rings. The third-order valence-corrected chi connectivity index (χ3v) is 3.97. The van der Waals surface area contributed by atoms with Crippen molar-refractivity contribution >= 4 is 12.2 Å². The van der Waals surface area contributed by atoms with Crippen LogP contribution in [-0.4, -0.2) is 9.97 Å². The van der Waals surface area contributed by atoms with Crippen molar-refractivity contribution in [2.75, 3.05) is 0 Å². The zero-order valence-corrected chi connectivity index (χ0v) is 14.3. The highest BCUT2D eigenvalue weighted by atomic mass is 32.1. The first-order valence-corrected chi connectivity index (χ1v) is 7.99. The molecule has 0 aliphatic heterocycles. The lowest BCUT2D eigenvalue weighted by Crippen LogP contribution is -2.02. The summed E-state index contributed by atoms with van der Waals surface area (Å²) >= 11 is 5.42. The maximum Gasteiger partial charge on any atom is 0.133 e. The van der Waals surface area contributed by atoms with E-state index in [4.69, 9.17) is 12.2 Å². The Morgan fingerprint density at radius 2 is 1.90 bits per heavy atom. The number of nitrogens with one attached hydrogen (secondary N) is 1. The average Bonchev–Trinajstić information content (AvgIpc) is 2.41. The Bertz CT molecular complexity index is 684. The first-order chi connectivity index (χ1) is 9.88.